The summed E-state index contributed by atoms with van der Waals surface area (Å²) in [6.45, 7) is -0.924. The van der Waals surface area contributed by atoms with Gasteiger partial charge in [0.1, 0.15) is 11.5 Å². The van der Waals surface area contributed by atoms with Gasteiger partial charge in [0.25, 0.3) is 0 Å². The molecule has 0 fully saturated rings. The molecule has 0 unspecified atom stereocenters. The number of hydrogen-bond acceptors (Lipinski definition) is 4. The lowest BCUT2D eigenvalue weighted by molar-refractivity contribution is -0.143. The molecule has 0 aliphatic carbocycles. The molecule has 0 saturated carbocycles. The summed E-state index contributed by atoms with van der Waals surface area (Å²) in [5.74, 6) is 0.0514. The minimum Gasteiger partial charge on any atom is -0.497 e. The Bertz CT molecular complexity index is 421. The summed E-state index contributed by atoms with van der Waals surface area (Å²) in [4.78, 5) is 11.2. The van der Waals surface area contributed by atoms with Crippen molar-refractivity contribution in [3.8, 4) is 11.5 Å². The van der Waals surface area contributed by atoms with Gasteiger partial charge in [0, 0.05) is 12.5 Å². The highest BCUT2D eigenvalue weighted by Gasteiger charge is 2.12. The smallest absolute Gasteiger partial charge is 0.387 e. The minimum absolute atomic E-state index is 0.0126. The maximum atomic E-state index is 12.3. The van der Waals surface area contributed by atoms with Gasteiger partial charge in [0.05, 0.1) is 13.7 Å². The van der Waals surface area contributed by atoms with E-state index >= 15 is 0 Å². The van der Waals surface area contributed by atoms with Crippen molar-refractivity contribution >= 4 is 5.97 Å². The van der Waals surface area contributed by atoms with Crippen molar-refractivity contribution in [2.45, 2.75) is 26.4 Å². The Balaban J connectivity index is 2.77. The monoisotopic (exact) mass is 274 g/mol. The average Bonchev–Trinajstić information content (AvgIpc) is 2.36. The third kappa shape index (κ3) is 5.11. The Hall–Kier alpha value is -1.85. The van der Waals surface area contributed by atoms with Crippen LogP contribution in [0.2, 0.25) is 0 Å². The lowest BCUT2D eigenvalue weighted by Gasteiger charge is -2.12. The molecule has 0 radical (unpaired) electrons. The summed E-state index contributed by atoms with van der Waals surface area (Å²) in [6.07, 6.45) is 0.380. The zero-order chi connectivity index (χ0) is 14.3. The summed E-state index contributed by atoms with van der Waals surface area (Å²) in [7, 11) is 1.43. The highest BCUT2D eigenvalue weighted by atomic mass is 19.3. The maximum absolute atomic E-state index is 12.3. The first-order chi connectivity index (χ1) is 9.06. The second-order valence-electron chi connectivity index (χ2n) is 3.66. The van der Waals surface area contributed by atoms with E-state index in [0.29, 0.717) is 17.9 Å². The van der Waals surface area contributed by atoms with Crippen LogP contribution < -0.4 is 9.47 Å². The van der Waals surface area contributed by atoms with Crippen LogP contribution in [0.25, 0.3) is 0 Å². The number of carbonyl (C=O) groups excluding carboxylic acids is 1. The summed E-state index contributed by atoms with van der Waals surface area (Å²) >= 11 is 0. The summed E-state index contributed by atoms with van der Waals surface area (Å²) in [5.41, 5.74) is 0.508. The molecule has 0 bridgehead atoms. The Morgan fingerprint density at radius 2 is 2.11 bits per heavy atom. The van der Waals surface area contributed by atoms with Crippen LogP contribution in [0.5, 0.6) is 11.5 Å². The van der Waals surface area contributed by atoms with Crippen molar-refractivity contribution in [3.05, 3.63) is 23.8 Å². The number of rotatable bonds is 7. The number of hydrogen-bond donors (Lipinski definition) is 0. The van der Waals surface area contributed by atoms with E-state index in [9.17, 15) is 13.6 Å². The van der Waals surface area contributed by atoms with Gasteiger partial charge in [-0.2, -0.15) is 8.78 Å². The van der Waals surface area contributed by atoms with E-state index < -0.39 is 6.61 Å². The second kappa shape index (κ2) is 7.56. The van der Waals surface area contributed by atoms with Crippen molar-refractivity contribution in [1.82, 2.24) is 0 Å². The van der Waals surface area contributed by atoms with Crippen molar-refractivity contribution in [2.75, 3.05) is 13.7 Å². The predicted molar refractivity (Wildman–Crippen MR) is 64.6 cm³/mol. The van der Waals surface area contributed by atoms with Gasteiger partial charge in [-0.1, -0.05) is 6.07 Å². The molecule has 4 nitrogen and oxygen atoms in total. The SMILES string of the molecule is CCOC(=O)CCc1ccc(OC)cc1OC(F)F. The fourth-order valence-corrected chi connectivity index (χ4v) is 1.54. The minimum atomic E-state index is -2.92. The fraction of sp³-hybridized carbons (Fsp3) is 0.462. The molecule has 0 N–H and O–H groups in total. The number of carbonyl (C=O) groups is 1. The first-order valence-electron chi connectivity index (χ1n) is 5.84. The highest BCUT2D eigenvalue weighted by Crippen LogP contribution is 2.27. The van der Waals surface area contributed by atoms with E-state index in [-0.39, 0.29) is 24.6 Å². The third-order valence-corrected chi connectivity index (χ3v) is 2.39. The normalized spacial score (nSPS) is 10.4. The number of aryl methyl sites for hydroxylation is 1. The van der Waals surface area contributed by atoms with E-state index in [1.807, 2.05) is 0 Å². The quantitative estimate of drug-likeness (QED) is 0.717. The van der Waals surface area contributed by atoms with Crippen molar-refractivity contribution in [2.24, 2.45) is 0 Å². The molecule has 1 aromatic carbocycles. The van der Waals surface area contributed by atoms with Gasteiger partial charge in [-0.05, 0) is 25.0 Å². The zero-order valence-corrected chi connectivity index (χ0v) is 10.8. The van der Waals surface area contributed by atoms with Gasteiger partial charge < -0.3 is 14.2 Å². The van der Waals surface area contributed by atoms with Crippen LogP contribution in [0, 0.1) is 0 Å². The molecule has 0 heterocycles. The van der Waals surface area contributed by atoms with Crippen LogP contribution in [0.15, 0.2) is 18.2 Å². The van der Waals surface area contributed by atoms with Gasteiger partial charge in [0.15, 0.2) is 0 Å². The van der Waals surface area contributed by atoms with E-state index in [0.717, 1.165) is 0 Å². The molecule has 0 spiro atoms. The largest absolute Gasteiger partial charge is 0.497 e. The number of alkyl halides is 2. The molecule has 0 aromatic heterocycles. The first kappa shape index (κ1) is 15.2. The number of benzene rings is 1. The summed E-state index contributed by atoms with van der Waals surface area (Å²) < 4.78 is 38.7. The van der Waals surface area contributed by atoms with Gasteiger partial charge in [-0.3, -0.25) is 4.79 Å². The first-order valence-corrected chi connectivity index (χ1v) is 5.84. The molecule has 1 rings (SSSR count). The van der Waals surface area contributed by atoms with E-state index in [1.54, 1.807) is 19.1 Å². The topological polar surface area (TPSA) is 44.8 Å². The van der Waals surface area contributed by atoms with Crippen LogP contribution >= 0.6 is 0 Å². The predicted octanol–water partition coefficient (Wildman–Crippen LogP) is 2.79. The zero-order valence-electron chi connectivity index (χ0n) is 10.8. The van der Waals surface area contributed by atoms with Gasteiger partial charge in [-0.25, -0.2) is 0 Å². The standard InChI is InChI=1S/C13H16F2O4/c1-3-18-12(16)7-5-9-4-6-10(17-2)8-11(9)19-13(14)15/h4,6,8,13H,3,5,7H2,1-2H3. The highest BCUT2D eigenvalue weighted by molar-refractivity contribution is 5.69. The Morgan fingerprint density at radius 1 is 1.37 bits per heavy atom. The maximum Gasteiger partial charge on any atom is 0.387 e. The third-order valence-electron chi connectivity index (χ3n) is 2.39. The summed E-state index contributed by atoms with van der Waals surface area (Å²) in [5, 5.41) is 0. The van der Waals surface area contributed by atoms with Crippen LogP contribution in [-0.2, 0) is 16.0 Å². The number of methoxy groups -OCH3 is 1. The molecule has 6 heteroatoms. The Labute approximate surface area is 110 Å². The van der Waals surface area contributed by atoms with Gasteiger partial charge in [0.2, 0.25) is 0 Å². The average molecular weight is 274 g/mol. The molecular formula is C13H16F2O4. The van der Waals surface area contributed by atoms with Gasteiger partial charge >= 0.3 is 12.6 Å². The van der Waals surface area contributed by atoms with E-state index in [1.165, 1.54) is 13.2 Å². The molecule has 1 aromatic rings. The number of halogens is 2. The molecule has 19 heavy (non-hydrogen) atoms. The molecule has 0 aliphatic rings. The molecule has 0 saturated heterocycles. The molecular weight excluding hydrogens is 258 g/mol. The van der Waals surface area contributed by atoms with Crippen molar-refractivity contribution < 1.29 is 27.8 Å². The number of ether oxygens (including phenoxy) is 3. The molecule has 0 aliphatic heterocycles. The van der Waals surface area contributed by atoms with Crippen LogP contribution in [0.1, 0.15) is 18.9 Å². The van der Waals surface area contributed by atoms with Crippen LogP contribution in [-0.4, -0.2) is 26.3 Å². The Morgan fingerprint density at radius 3 is 2.68 bits per heavy atom. The molecule has 106 valence electrons. The lowest BCUT2D eigenvalue weighted by atomic mass is 10.1. The van der Waals surface area contributed by atoms with Gasteiger partial charge in [-0.15, -0.1) is 0 Å². The lowest BCUT2D eigenvalue weighted by Crippen LogP contribution is -2.08. The molecule has 0 amide bonds. The fourth-order valence-electron chi connectivity index (χ4n) is 1.54. The number of esters is 1. The van der Waals surface area contributed by atoms with Crippen molar-refractivity contribution in [3.63, 3.8) is 0 Å². The van der Waals surface area contributed by atoms with E-state index in [2.05, 4.69) is 4.74 Å². The van der Waals surface area contributed by atoms with Crippen LogP contribution in [0.4, 0.5) is 8.78 Å². The van der Waals surface area contributed by atoms with Crippen molar-refractivity contribution in [1.29, 1.82) is 0 Å². The second-order valence-corrected chi connectivity index (χ2v) is 3.66. The molecule has 0 atom stereocenters. The Kier molecular flexibility index (Phi) is 6.05. The summed E-state index contributed by atoms with van der Waals surface area (Å²) in [6, 6.07) is 4.58. The van der Waals surface area contributed by atoms with Crippen LogP contribution in [0.3, 0.4) is 0 Å². The van der Waals surface area contributed by atoms with E-state index in [4.69, 9.17) is 9.47 Å².